The van der Waals surface area contributed by atoms with Gasteiger partial charge in [-0.05, 0) is 24.3 Å². The van der Waals surface area contributed by atoms with Crippen LogP contribution in [0.15, 0.2) is 46.9 Å². The van der Waals surface area contributed by atoms with Crippen molar-refractivity contribution in [2.45, 2.75) is 6.54 Å². The van der Waals surface area contributed by atoms with Gasteiger partial charge >= 0.3 is 0 Å². The van der Waals surface area contributed by atoms with Crippen molar-refractivity contribution in [1.29, 1.82) is 0 Å². The minimum atomic E-state index is -0.0533. The molecular weight excluding hydrogens is 266 g/mol. The van der Waals surface area contributed by atoms with Gasteiger partial charge < -0.3 is 20.0 Å². The van der Waals surface area contributed by atoms with Crippen molar-refractivity contribution < 1.29 is 9.21 Å². The number of carbonyl (C=O) groups excluding carboxylic acids is 1. The first kappa shape index (κ1) is 13.7. The van der Waals surface area contributed by atoms with Gasteiger partial charge in [0.05, 0.1) is 6.54 Å². The van der Waals surface area contributed by atoms with E-state index in [2.05, 4.69) is 17.0 Å². The van der Waals surface area contributed by atoms with Crippen LogP contribution in [-0.2, 0) is 6.54 Å². The average molecular weight is 285 g/mol. The summed E-state index contributed by atoms with van der Waals surface area (Å²) in [5, 5.41) is 0. The SMILES string of the molecule is NCc1ccc(C(=O)N2CCN(c3ccccc3)CC2)o1. The van der Waals surface area contributed by atoms with Gasteiger partial charge in [0, 0.05) is 31.9 Å². The Hall–Kier alpha value is -2.27. The summed E-state index contributed by atoms with van der Waals surface area (Å²) in [6.45, 7) is 3.38. The van der Waals surface area contributed by atoms with Crippen LogP contribution in [0.3, 0.4) is 0 Å². The van der Waals surface area contributed by atoms with Crippen molar-refractivity contribution >= 4 is 11.6 Å². The van der Waals surface area contributed by atoms with Crippen LogP contribution in [0.5, 0.6) is 0 Å². The van der Waals surface area contributed by atoms with Crippen LogP contribution in [-0.4, -0.2) is 37.0 Å². The molecule has 1 amide bonds. The maximum absolute atomic E-state index is 12.3. The van der Waals surface area contributed by atoms with Gasteiger partial charge in [-0.15, -0.1) is 0 Å². The summed E-state index contributed by atoms with van der Waals surface area (Å²) in [7, 11) is 0. The first-order valence-electron chi connectivity index (χ1n) is 7.16. The lowest BCUT2D eigenvalue weighted by molar-refractivity contribution is 0.0713. The highest BCUT2D eigenvalue weighted by molar-refractivity contribution is 5.91. The first-order valence-corrected chi connectivity index (χ1v) is 7.16. The molecule has 1 fully saturated rings. The molecular formula is C16H19N3O2. The van der Waals surface area contributed by atoms with Gasteiger partial charge in [-0.25, -0.2) is 0 Å². The molecule has 0 unspecified atom stereocenters. The van der Waals surface area contributed by atoms with Crippen molar-refractivity contribution in [1.82, 2.24) is 4.90 Å². The summed E-state index contributed by atoms with van der Waals surface area (Å²) < 4.78 is 5.43. The Morgan fingerprint density at radius 3 is 2.38 bits per heavy atom. The van der Waals surface area contributed by atoms with Crippen molar-refractivity contribution in [2.75, 3.05) is 31.1 Å². The fraction of sp³-hybridized carbons (Fsp3) is 0.312. The number of hydrogen-bond donors (Lipinski definition) is 1. The highest BCUT2D eigenvalue weighted by Crippen LogP contribution is 2.17. The fourth-order valence-corrected chi connectivity index (χ4v) is 2.56. The van der Waals surface area contributed by atoms with E-state index in [4.69, 9.17) is 10.2 Å². The van der Waals surface area contributed by atoms with E-state index in [0.717, 1.165) is 13.1 Å². The van der Waals surface area contributed by atoms with Crippen LogP contribution >= 0.6 is 0 Å². The van der Waals surface area contributed by atoms with Crippen molar-refractivity contribution in [3.63, 3.8) is 0 Å². The molecule has 0 saturated carbocycles. The van der Waals surface area contributed by atoms with Gasteiger partial charge in [0.15, 0.2) is 5.76 Å². The third kappa shape index (κ3) is 2.92. The molecule has 3 rings (SSSR count). The highest BCUT2D eigenvalue weighted by Gasteiger charge is 2.24. The zero-order valence-electron chi connectivity index (χ0n) is 11.9. The Morgan fingerprint density at radius 1 is 1.05 bits per heavy atom. The van der Waals surface area contributed by atoms with Crippen LogP contribution in [0.2, 0.25) is 0 Å². The largest absolute Gasteiger partial charge is 0.455 e. The van der Waals surface area contributed by atoms with E-state index in [0.29, 0.717) is 31.2 Å². The molecule has 0 atom stereocenters. The maximum Gasteiger partial charge on any atom is 0.289 e. The molecule has 0 aliphatic carbocycles. The van der Waals surface area contributed by atoms with E-state index in [1.807, 2.05) is 23.1 Å². The normalized spacial score (nSPS) is 15.3. The lowest BCUT2D eigenvalue weighted by Gasteiger charge is -2.35. The lowest BCUT2D eigenvalue weighted by atomic mass is 10.2. The van der Waals surface area contributed by atoms with Crippen molar-refractivity contribution in [3.05, 3.63) is 54.0 Å². The monoisotopic (exact) mass is 285 g/mol. The number of hydrogen-bond acceptors (Lipinski definition) is 4. The van der Waals surface area contributed by atoms with E-state index < -0.39 is 0 Å². The molecule has 110 valence electrons. The van der Waals surface area contributed by atoms with Gasteiger partial charge in [-0.2, -0.15) is 0 Å². The number of benzene rings is 1. The van der Waals surface area contributed by atoms with Crippen LogP contribution in [0, 0.1) is 0 Å². The van der Waals surface area contributed by atoms with E-state index in [-0.39, 0.29) is 5.91 Å². The van der Waals surface area contributed by atoms with Crippen LogP contribution in [0.1, 0.15) is 16.3 Å². The second-order valence-corrected chi connectivity index (χ2v) is 5.08. The number of nitrogens with zero attached hydrogens (tertiary/aromatic N) is 2. The molecule has 5 nitrogen and oxygen atoms in total. The van der Waals surface area contributed by atoms with Crippen LogP contribution in [0.4, 0.5) is 5.69 Å². The number of amides is 1. The van der Waals surface area contributed by atoms with Gasteiger partial charge in [-0.3, -0.25) is 4.79 Å². The molecule has 1 aromatic carbocycles. The number of anilines is 1. The van der Waals surface area contributed by atoms with Gasteiger partial charge in [0.1, 0.15) is 5.76 Å². The Labute approximate surface area is 123 Å². The van der Waals surface area contributed by atoms with Crippen molar-refractivity contribution in [2.24, 2.45) is 5.73 Å². The number of carbonyl (C=O) groups is 1. The molecule has 1 aromatic heterocycles. The Kier molecular flexibility index (Phi) is 3.92. The minimum absolute atomic E-state index is 0.0533. The van der Waals surface area contributed by atoms with Crippen LogP contribution < -0.4 is 10.6 Å². The molecule has 1 saturated heterocycles. The maximum atomic E-state index is 12.3. The molecule has 0 spiro atoms. The zero-order chi connectivity index (χ0) is 14.7. The van der Waals surface area contributed by atoms with Gasteiger partial charge in [0.2, 0.25) is 0 Å². The quantitative estimate of drug-likeness (QED) is 0.932. The molecule has 5 heteroatoms. The van der Waals surface area contributed by atoms with E-state index >= 15 is 0 Å². The zero-order valence-corrected chi connectivity index (χ0v) is 11.9. The smallest absolute Gasteiger partial charge is 0.289 e. The van der Waals surface area contributed by atoms with Gasteiger partial charge in [-0.1, -0.05) is 18.2 Å². The molecule has 1 aliphatic rings. The number of rotatable bonds is 3. The van der Waals surface area contributed by atoms with E-state index in [1.165, 1.54) is 5.69 Å². The topological polar surface area (TPSA) is 62.7 Å². The first-order chi connectivity index (χ1) is 10.3. The summed E-state index contributed by atoms with van der Waals surface area (Å²) in [5.74, 6) is 0.965. The number of para-hydroxylation sites is 1. The Morgan fingerprint density at radius 2 is 1.76 bits per heavy atom. The summed E-state index contributed by atoms with van der Waals surface area (Å²) in [6, 6.07) is 13.7. The Bertz CT molecular complexity index is 601. The number of furan rings is 1. The van der Waals surface area contributed by atoms with Gasteiger partial charge in [0.25, 0.3) is 5.91 Å². The summed E-state index contributed by atoms with van der Waals surface area (Å²) in [5.41, 5.74) is 6.70. The van der Waals surface area contributed by atoms with E-state index in [1.54, 1.807) is 12.1 Å². The third-order valence-electron chi connectivity index (χ3n) is 3.76. The second kappa shape index (κ2) is 6.01. The summed E-state index contributed by atoms with van der Waals surface area (Å²) in [4.78, 5) is 16.5. The molecule has 2 N–H and O–H groups in total. The van der Waals surface area contributed by atoms with E-state index in [9.17, 15) is 4.79 Å². The summed E-state index contributed by atoms with van der Waals surface area (Å²) >= 11 is 0. The lowest BCUT2D eigenvalue weighted by Crippen LogP contribution is -2.48. The van der Waals surface area contributed by atoms with Crippen LogP contribution in [0.25, 0.3) is 0 Å². The molecule has 0 bridgehead atoms. The predicted octanol–water partition coefficient (Wildman–Crippen LogP) is 1.70. The molecule has 0 radical (unpaired) electrons. The molecule has 2 aromatic rings. The number of piperazine rings is 1. The Balaban J connectivity index is 1.61. The predicted molar refractivity (Wildman–Crippen MR) is 81.2 cm³/mol. The third-order valence-corrected chi connectivity index (χ3v) is 3.76. The standard InChI is InChI=1S/C16H19N3O2/c17-12-14-6-7-15(21-14)16(20)19-10-8-18(9-11-19)13-4-2-1-3-5-13/h1-7H,8-12,17H2. The molecule has 2 heterocycles. The second-order valence-electron chi connectivity index (χ2n) is 5.08. The highest BCUT2D eigenvalue weighted by atomic mass is 16.4. The minimum Gasteiger partial charge on any atom is -0.455 e. The summed E-state index contributed by atoms with van der Waals surface area (Å²) in [6.07, 6.45) is 0. The molecule has 1 aliphatic heterocycles. The average Bonchev–Trinajstić information content (AvgIpc) is 3.04. The molecule has 21 heavy (non-hydrogen) atoms. The van der Waals surface area contributed by atoms with Crippen molar-refractivity contribution in [3.8, 4) is 0 Å². The number of nitrogens with two attached hydrogens (primary N) is 1. The fourth-order valence-electron chi connectivity index (χ4n) is 2.56.